The summed E-state index contributed by atoms with van der Waals surface area (Å²) in [5, 5.41) is 6.76. The van der Waals surface area contributed by atoms with Gasteiger partial charge < -0.3 is 20.1 Å². The van der Waals surface area contributed by atoms with E-state index in [-0.39, 0.29) is 12.0 Å². The minimum atomic E-state index is -0.920. The Morgan fingerprint density at radius 3 is 2.79 bits per heavy atom. The van der Waals surface area contributed by atoms with Gasteiger partial charge in [-0.3, -0.25) is 0 Å². The number of esters is 1. The van der Waals surface area contributed by atoms with Crippen LogP contribution in [0.2, 0.25) is 0 Å². The second-order valence-corrected chi connectivity index (χ2v) is 6.45. The number of ether oxygens (including phenoxy) is 2. The van der Waals surface area contributed by atoms with Crippen LogP contribution >= 0.6 is 0 Å². The van der Waals surface area contributed by atoms with Gasteiger partial charge in [0.25, 0.3) is 0 Å². The molecule has 0 amide bonds. The Kier molecular flexibility index (Phi) is 5.04. The van der Waals surface area contributed by atoms with E-state index in [9.17, 15) is 9.59 Å². The molecule has 1 fully saturated rings. The van der Waals surface area contributed by atoms with Crippen LogP contribution in [0.15, 0.2) is 18.2 Å². The maximum Gasteiger partial charge on any atom is 0.516 e. The molecule has 1 spiro atoms. The van der Waals surface area contributed by atoms with Crippen LogP contribution in [0, 0.1) is 0 Å². The Bertz CT molecular complexity index is 618. The first-order valence-corrected chi connectivity index (χ1v) is 8.63. The van der Waals surface area contributed by atoms with Crippen molar-refractivity contribution in [3.05, 3.63) is 29.3 Å². The van der Waals surface area contributed by atoms with Gasteiger partial charge in [0.05, 0.1) is 12.2 Å². The number of hydrogen-bond acceptors (Lipinski definition) is 6. The van der Waals surface area contributed by atoms with Gasteiger partial charge in [0, 0.05) is 17.6 Å². The van der Waals surface area contributed by atoms with Gasteiger partial charge in [-0.15, -0.1) is 0 Å². The summed E-state index contributed by atoms with van der Waals surface area (Å²) in [5.41, 5.74) is 2.35. The van der Waals surface area contributed by atoms with Crippen molar-refractivity contribution in [3.8, 4) is 0 Å². The van der Waals surface area contributed by atoms with Gasteiger partial charge in [0.2, 0.25) is 0 Å². The van der Waals surface area contributed by atoms with E-state index < -0.39 is 12.1 Å². The molecule has 2 N–H and O–H groups in total. The molecule has 1 aromatic carbocycles. The summed E-state index contributed by atoms with van der Waals surface area (Å²) in [6.07, 6.45) is 2.66. The second-order valence-electron chi connectivity index (χ2n) is 6.45. The van der Waals surface area contributed by atoms with E-state index in [1.165, 1.54) is 0 Å². The van der Waals surface area contributed by atoms with Crippen molar-refractivity contribution in [2.24, 2.45) is 0 Å². The van der Waals surface area contributed by atoms with Crippen LogP contribution in [0.5, 0.6) is 0 Å². The molecule has 0 saturated carbocycles. The number of rotatable bonds is 4. The maximum absolute atomic E-state index is 12.5. The van der Waals surface area contributed by atoms with E-state index >= 15 is 0 Å². The summed E-state index contributed by atoms with van der Waals surface area (Å²) >= 11 is 0. The molecule has 130 valence electrons. The Hall–Kier alpha value is -2.08. The largest absolute Gasteiger partial charge is 0.516 e. The minimum absolute atomic E-state index is 0.0672. The zero-order valence-electron chi connectivity index (χ0n) is 14.0. The number of nitrogens with one attached hydrogen (secondary N) is 2. The third kappa shape index (κ3) is 3.24. The molecule has 0 atom stereocenters. The molecular weight excluding hydrogens is 308 g/mol. The molecule has 0 radical (unpaired) electrons. The fourth-order valence-corrected chi connectivity index (χ4v) is 3.59. The first kappa shape index (κ1) is 16.8. The number of piperidine rings is 1. The lowest BCUT2D eigenvalue weighted by Crippen LogP contribution is -2.42. The molecule has 2 aliphatic rings. The minimum Gasteiger partial charge on any atom is -0.434 e. The number of fused-ring (bicyclic) bond motifs is 2. The van der Waals surface area contributed by atoms with Gasteiger partial charge in [-0.1, -0.05) is 19.4 Å². The van der Waals surface area contributed by atoms with E-state index in [1.54, 1.807) is 6.07 Å². The van der Waals surface area contributed by atoms with Crippen molar-refractivity contribution < 1.29 is 19.1 Å². The van der Waals surface area contributed by atoms with E-state index in [4.69, 9.17) is 9.47 Å². The topological polar surface area (TPSA) is 76.7 Å². The van der Waals surface area contributed by atoms with Crippen LogP contribution < -0.4 is 10.6 Å². The smallest absolute Gasteiger partial charge is 0.434 e. The van der Waals surface area contributed by atoms with Gasteiger partial charge in [0.15, 0.2) is 0 Å². The van der Waals surface area contributed by atoms with Gasteiger partial charge in [-0.05, 0) is 50.0 Å². The molecule has 6 nitrogen and oxygen atoms in total. The molecular formula is C18H24N2O4. The Morgan fingerprint density at radius 1 is 1.25 bits per heavy atom. The Balaban J connectivity index is 1.78. The number of hydrogen-bond donors (Lipinski definition) is 2. The van der Waals surface area contributed by atoms with Gasteiger partial charge in [-0.2, -0.15) is 0 Å². The Morgan fingerprint density at radius 2 is 2.04 bits per heavy atom. The number of carbonyl (C=O) groups is 2. The van der Waals surface area contributed by atoms with Crippen molar-refractivity contribution in [2.45, 2.75) is 38.0 Å². The van der Waals surface area contributed by atoms with E-state index in [1.807, 2.05) is 19.1 Å². The van der Waals surface area contributed by atoms with Crippen molar-refractivity contribution in [1.82, 2.24) is 5.32 Å². The average molecular weight is 332 g/mol. The molecule has 0 unspecified atom stereocenters. The lowest BCUT2D eigenvalue weighted by atomic mass is 9.73. The molecule has 2 aliphatic heterocycles. The van der Waals surface area contributed by atoms with Crippen LogP contribution in [-0.4, -0.2) is 38.4 Å². The van der Waals surface area contributed by atoms with Crippen LogP contribution in [0.25, 0.3) is 0 Å². The highest BCUT2D eigenvalue weighted by Crippen LogP contribution is 2.44. The summed E-state index contributed by atoms with van der Waals surface area (Å²) < 4.78 is 9.82. The third-order valence-corrected chi connectivity index (χ3v) is 4.89. The summed E-state index contributed by atoms with van der Waals surface area (Å²) in [7, 11) is 0. The lowest BCUT2D eigenvalue weighted by molar-refractivity contribution is 0.0379. The standard InChI is InChI=1S/C18H24N2O4/c1-2-3-11-23-17(22)24-16(21)13-5-4-6-14-15(13)18(12-20-14)7-9-19-10-8-18/h4-6,19-20H,2-3,7-12H2,1H3. The predicted octanol–water partition coefficient (Wildman–Crippen LogP) is 2.83. The second kappa shape index (κ2) is 7.21. The normalized spacial score (nSPS) is 17.9. The van der Waals surface area contributed by atoms with Gasteiger partial charge in [-0.25, -0.2) is 9.59 Å². The molecule has 3 rings (SSSR count). The van der Waals surface area contributed by atoms with E-state index in [2.05, 4.69) is 10.6 Å². The summed E-state index contributed by atoms with van der Waals surface area (Å²) in [6.45, 7) is 4.92. The molecule has 2 heterocycles. The fraction of sp³-hybridized carbons (Fsp3) is 0.556. The summed E-state index contributed by atoms with van der Waals surface area (Å²) in [5.74, 6) is -0.630. The molecule has 24 heavy (non-hydrogen) atoms. The van der Waals surface area contributed by atoms with E-state index in [0.717, 1.165) is 56.6 Å². The van der Waals surface area contributed by atoms with E-state index in [0.29, 0.717) is 5.56 Å². The van der Waals surface area contributed by atoms with Crippen molar-refractivity contribution >= 4 is 17.8 Å². The summed E-state index contributed by atoms with van der Waals surface area (Å²) in [6, 6.07) is 5.52. The van der Waals surface area contributed by atoms with Crippen molar-refractivity contribution in [3.63, 3.8) is 0 Å². The van der Waals surface area contributed by atoms with Gasteiger partial charge >= 0.3 is 12.1 Å². The molecule has 1 saturated heterocycles. The first-order chi connectivity index (χ1) is 11.7. The Labute approximate surface area is 141 Å². The number of anilines is 1. The quantitative estimate of drug-likeness (QED) is 0.502. The zero-order valence-corrected chi connectivity index (χ0v) is 14.0. The van der Waals surface area contributed by atoms with Crippen LogP contribution in [0.1, 0.15) is 48.5 Å². The zero-order chi connectivity index (χ0) is 17.0. The lowest BCUT2D eigenvalue weighted by Gasteiger charge is -2.34. The molecule has 6 heteroatoms. The average Bonchev–Trinajstić information content (AvgIpc) is 2.94. The summed E-state index contributed by atoms with van der Waals surface area (Å²) in [4.78, 5) is 24.2. The monoisotopic (exact) mass is 332 g/mol. The number of benzene rings is 1. The molecule has 0 aromatic heterocycles. The highest BCUT2D eigenvalue weighted by molar-refractivity contribution is 5.98. The molecule has 0 aliphatic carbocycles. The fourth-order valence-electron chi connectivity index (χ4n) is 3.59. The third-order valence-electron chi connectivity index (χ3n) is 4.89. The number of carbonyl (C=O) groups excluding carboxylic acids is 2. The van der Waals surface area contributed by atoms with Crippen molar-refractivity contribution in [1.29, 1.82) is 0 Å². The maximum atomic E-state index is 12.5. The first-order valence-electron chi connectivity index (χ1n) is 8.63. The predicted molar refractivity (Wildman–Crippen MR) is 90.4 cm³/mol. The van der Waals surface area contributed by atoms with Crippen molar-refractivity contribution in [2.75, 3.05) is 31.6 Å². The van der Waals surface area contributed by atoms with Gasteiger partial charge in [0.1, 0.15) is 0 Å². The van der Waals surface area contributed by atoms with Crippen LogP contribution in [0.4, 0.5) is 10.5 Å². The number of unbranched alkanes of at least 4 members (excludes halogenated alkanes) is 1. The van der Waals surface area contributed by atoms with Crippen LogP contribution in [-0.2, 0) is 14.9 Å². The SMILES string of the molecule is CCCCOC(=O)OC(=O)c1cccc2c1C1(CCNCC1)CN2. The van der Waals surface area contributed by atoms with Crippen LogP contribution in [0.3, 0.4) is 0 Å². The highest BCUT2D eigenvalue weighted by atomic mass is 16.7. The molecule has 0 bridgehead atoms. The molecule has 1 aromatic rings. The highest BCUT2D eigenvalue weighted by Gasteiger charge is 2.42.